The molecule has 3 heteroatoms. The lowest BCUT2D eigenvalue weighted by Crippen LogP contribution is -2.03. The topological polar surface area (TPSA) is 37.3 Å². The van der Waals surface area contributed by atoms with Gasteiger partial charge in [-0.25, -0.2) is 0 Å². The van der Waals surface area contributed by atoms with Crippen LogP contribution in [0.25, 0.3) is 0 Å². The maximum Gasteiger partial charge on any atom is 0.260 e. The largest absolute Gasteiger partial charge is 0.489 e. The lowest BCUT2D eigenvalue weighted by molar-refractivity contribution is 0.219. The molecule has 0 bridgehead atoms. The predicted molar refractivity (Wildman–Crippen MR) is 53.4 cm³/mol. The summed E-state index contributed by atoms with van der Waals surface area (Å²) in [5.74, 6) is -0.663. The lowest BCUT2D eigenvalue weighted by atomic mass is 9.73. The summed E-state index contributed by atoms with van der Waals surface area (Å²) >= 11 is 0. The van der Waals surface area contributed by atoms with E-state index in [1.165, 1.54) is 32.1 Å². The van der Waals surface area contributed by atoms with Crippen LogP contribution in [0.4, 0.5) is 4.79 Å². The van der Waals surface area contributed by atoms with Gasteiger partial charge in [0.2, 0.25) is 5.87 Å². The van der Waals surface area contributed by atoms with E-state index in [0.29, 0.717) is 7.28 Å². The highest BCUT2D eigenvalue weighted by Crippen LogP contribution is 2.06. The van der Waals surface area contributed by atoms with E-state index in [9.17, 15) is 4.79 Å². The highest BCUT2D eigenvalue weighted by atomic mass is 16.4. The minimum atomic E-state index is -0.663. The van der Waals surface area contributed by atoms with Crippen LogP contribution in [0.15, 0.2) is 0 Å². The molecule has 1 N–H and O–H groups in total. The maximum absolute atomic E-state index is 10.1. The van der Waals surface area contributed by atoms with Crippen LogP contribution in [0, 0.1) is 0 Å². The van der Waals surface area contributed by atoms with Gasteiger partial charge in [0, 0.05) is 0 Å². The Bertz CT molecular complexity index is 115. The third-order valence-corrected chi connectivity index (χ3v) is 1.99. The number of carbonyl (C=O) groups is 1. The predicted octanol–water partition coefficient (Wildman–Crippen LogP) is 2.88. The molecule has 0 spiro atoms. The first kappa shape index (κ1) is 11.5. The van der Waals surface area contributed by atoms with Gasteiger partial charge < -0.3 is 5.11 Å². The fourth-order valence-electron chi connectivity index (χ4n) is 1.23. The minimum absolute atomic E-state index is 0.341. The summed E-state index contributed by atoms with van der Waals surface area (Å²) in [6.07, 6.45) is 8.30. The van der Waals surface area contributed by atoms with Crippen LogP contribution in [0.5, 0.6) is 0 Å². The molecular formula is C9H19BO2. The Morgan fingerprint density at radius 3 is 2.33 bits per heavy atom. The smallest absolute Gasteiger partial charge is 0.260 e. The van der Waals surface area contributed by atoms with Gasteiger partial charge in [-0.2, -0.15) is 0 Å². The molecule has 0 aromatic carbocycles. The third kappa shape index (κ3) is 9.53. The Labute approximate surface area is 75.6 Å². The van der Waals surface area contributed by atoms with Gasteiger partial charge in [0.25, 0.3) is 7.28 Å². The standard InChI is InChI=1S/C9H19BO2/c1-2-3-4-5-6-7-8-10-9(11)12/h10H,2-8H2,1H3,(H,11,12). The lowest BCUT2D eigenvalue weighted by Gasteiger charge is -1.97. The number of rotatable bonds is 8. The summed E-state index contributed by atoms with van der Waals surface area (Å²) in [5, 5.41) is 8.35. The number of unbranched alkanes of at least 4 members (excludes halogenated alkanes) is 5. The number of hydrogen-bond donors (Lipinski definition) is 1. The number of hydrogen-bond acceptors (Lipinski definition) is 1. The summed E-state index contributed by atoms with van der Waals surface area (Å²) in [6.45, 7) is 2.20. The van der Waals surface area contributed by atoms with Crippen molar-refractivity contribution in [3.8, 4) is 0 Å². The van der Waals surface area contributed by atoms with Gasteiger partial charge in [0.1, 0.15) is 0 Å². The Morgan fingerprint density at radius 2 is 1.75 bits per heavy atom. The van der Waals surface area contributed by atoms with Crippen molar-refractivity contribution in [1.29, 1.82) is 0 Å². The molecule has 0 aromatic rings. The average Bonchev–Trinajstić information content (AvgIpc) is 2.02. The monoisotopic (exact) mass is 170 g/mol. The van der Waals surface area contributed by atoms with Crippen molar-refractivity contribution in [3.63, 3.8) is 0 Å². The zero-order valence-corrected chi connectivity index (χ0v) is 8.01. The van der Waals surface area contributed by atoms with Crippen LogP contribution >= 0.6 is 0 Å². The zero-order valence-electron chi connectivity index (χ0n) is 8.01. The fourth-order valence-corrected chi connectivity index (χ4v) is 1.23. The van der Waals surface area contributed by atoms with Crippen LogP contribution in [-0.4, -0.2) is 18.3 Å². The third-order valence-electron chi connectivity index (χ3n) is 1.99. The second kappa shape index (κ2) is 8.63. The van der Waals surface area contributed by atoms with E-state index < -0.39 is 5.87 Å². The molecule has 0 radical (unpaired) electrons. The number of carboxylic acid groups (broad SMARTS) is 1. The van der Waals surface area contributed by atoms with Crippen LogP contribution in [0.3, 0.4) is 0 Å². The Morgan fingerprint density at radius 1 is 1.17 bits per heavy atom. The quantitative estimate of drug-likeness (QED) is 0.449. The van der Waals surface area contributed by atoms with Crippen molar-refractivity contribution >= 4 is 13.1 Å². The maximum atomic E-state index is 10.1. The van der Waals surface area contributed by atoms with Gasteiger partial charge in [-0.15, -0.1) is 0 Å². The summed E-state index contributed by atoms with van der Waals surface area (Å²) < 4.78 is 0. The van der Waals surface area contributed by atoms with Gasteiger partial charge in [-0.05, 0) is 0 Å². The second-order valence-electron chi connectivity index (χ2n) is 3.27. The van der Waals surface area contributed by atoms with Crippen molar-refractivity contribution in [2.24, 2.45) is 0 Å². The minimum Gasteiger partial charge on any atom is -0.489 e. The molecule has 0 aliphatic rings. The second-order valence-corrected chi connectivity index (χ2v) is 3.27. The molecule has 0 atom stereocenters. The molecular weight excluding hydrogens is 151 g/mol. The average molecular weight is 170 g/mol. The molecule has 0 heterocycles. The summed E-state index contributed by atoms with van der Waals surface area (Å²) in [7, 11) is 0.341. The van der Waals surface area contributed by atoms with E-state index in [0.717, 1.165) is 12.7 Å². The van der Waals surface area contributed by atoms with Crippen LogP contribution in [0.1, 0.15) is 45.4 Å². The van der Waals surface area contributed by atoms with Crippen molar-refractivity contribution in [3.05, 3.63) is 0 Å². The molecule has 0 fully saturated rings. The van der Waals surface area contributed by atoms with Crippen LogP contribution in [-0.2, 0) is 0 Å². The molecule has 70 valence electrons. The molecule has 0 aliphatic carbocycles. The highest BCUT2D eigenvalue weighted by molar-refractivity contribution is 6.71. The Balaban J connectivity index is 2.86. The van der Waals surface area contributed by atoms with E-state index >= 15 is 0 Å². The summed E-state index contributed by atoms with van der Waals surface area (Å²) in [4.78, 5) is 10.1. The molecule has 12 heavy (non-hydrogen) atoms. The molecule has 0 unspecified atom stereocenters. The van der Waals surface area contributed by atoms with Crippen molar-refractivity contribution in [2.75, 3.05) is 0 Å². The van der Waals surface area contributed by atoms with E-state index in [1.54, 1.807) is 0 Å². The SMILES string of the molecule is CCCCCCCCBC(=O)O. The van der Waals surface area contributed by atoms with Crippen molar-refractivity contribution in [2.45, 2.75) is 51.8 Å². The Hall–Kier alpha value is -0.465. The van der Waals surface area contributed by atoms with Gasteiger partial charge >= 0.3 is 0 Å². The zero-order chi connectivity index (χ0) is 9.23. The molecule has 0 rings (SSSR count). The van der Waals surface area contributed by atoms with Gasteiger partial charge in [0.05, 0.1) is 0 Å². The first-order valence-corrected chi connectivity index (χ1v) is 4.99. The molecule has 0 amide bonds. The van der Waals surface area contributed by atoms with Crippen LogP contribution < -0.4 is 0 Å². The highest BCUT2D eigenvalue weighted by Gasteiger charge is 1.98. The van der Waals surface area contributed by atoms with Crippen molar-refractivity contribution in [1.82, 2.24) is 0 Å². The van der Waals surface area contributed by atoms with E-state index in [2.05, 4.69) is 6.92 Å². The van der Waals surface area contributed by atoms with Gasteiger partial charge in [-0.1, -0.05) is 51.8 Å². The first-order chi connectivity index (χ1) is 5.77. The summed E-state index contributed by atoms with van der Waals surface area (Å²) in [5.41, 5.74) is 0. The van der Waals surface area contributed by atoms with Crippen molar-refractivity contribution < 1.29 is 9.90 Å². The molecule has 0 saturated carbocycles. The Kier molecular flexibility index (Phi) is 8.30. The first-order valence-electron chi connectivity index (χ1n) is 4.99. The fraction of sp³-hybridized carbons (Fsp3) is 0.889. The molecule has 0 aromatic heterocycles. The normalized spacial score (nSPS) is 9.75. The summed E-state index contributed by atoms with van der Waals surface area (Å²) in [6, 6.07) is 0. The van der Waals surface area contributed by atoms with E-state index in [1.807, 2.05) is 0 Å². The molecule has 2 nitrogen and oxygen atoms in total. The molecule has 0 aliphatic heterocycles. The van der Waals surface area contributed by atoms with E-state index in [-0.39, 0.29) is 0 Å². The van der Waals surface area contributed by atoms with Crippen LogP contribution in [0.2, 0.25) is 6.32 Å². The van der Waals surface area contributed by atoms with Gasteiger partial charge in [0.15, 0.2) is 0 Å². The van der Waals surface area contributed by atoms with E-state index in [4.69, 9.17) is 5.11 Å². The van der Waals surface area contributed by atoms with Gasteiger partial charge in [-0.3, -0.25) is 4.79 Å². The molecule has 0 saturated heterocycles.